The van der Waals surface area contributed by atoms with Crippen molar-refractivity contribution in [3.05, 3.63) is 46.7 Å². The van der Waals surface area contributed by atoms with Crippen molar-refractivity contribution in [1.29, 1.82) is 0 Å². The largest absolute Gasteiger partial charge is 0.348 e. The molecule has 0 fully saturated rings. The van der Waals surface area contributed by atoms with Crippen LogP contribution in [0.4, 0.5) is 0 Å². The number of nitrogens with zero attached hydrogens (tertiary/aromatic N) is 1. The van der Waals surface area contributed by atoms with Crippen molar-refractivity contribution in [2.45, 2.75) is 5.75 Å². The lowest BCUT2D eigenvalue weighted by Gasteiger charge is -2.11. The molecule has 0 bridgehead atoms. The van der Waals surface area contributed by atoms with E-state index in [1.165, 1.54) is 4.90 Å². The molecule has 0 saturated carbocycles. The molecule has 1 heterocycles. The van der Waals surface area contributed by atoms with Gasteiger partial charge in [-0.2, -0.15) is 11.3 Å². The summed E-state index contributed by atoms with van der Waals surface area (Å²) in [7, 11) is 2.18. The molecule has 1 amide bonds. The second kappa shape index (κ2) is 6.81. The van der Waals surface area contributed by atoms with Crippen LogP contribution >= 0.6 is 11.3 Å². The molecule has 0 radical (unpaired) electrons. The Morgan fingerprint density at radius 1 is 1.25 bits per heavy atom. The van der Waals surface area contributed by atoms with E-state index in [1.807, 2.05) is 29.6 Å². The maximum Gasteiger partial charge on any atom is 0.234 e. The van der Waals surface area contributed by atoms with Crippen LogP contribution in [0.2, 0.25) is 0 Å². The van der Waals surface area contributed by atoms with Gasteiger partial charge in [0.05, 0.1) is 0 Å². The van der Waals surface area contributed by atoms with E-state index >= 15 is 0 Å². The van der Waals surface area contributed by atoms with Crippen LogP contribution < -0.4 is 0 Å². The quantitative estimate of drug-likeness (QED) is 0.852. The third-order valence-corrected chi connectivity index (χ3v) is 4.83. The standard InChI is InChI=1S/C15H17NO2S2/c1-16(2)15(17)11-20(18)10-13-5-3-4-6-14(13)12-7-8-19-9-12/h3-9H,10-11H2,1-2H3. The fourth-order valence-electron chi connectivity index (χ4n) is 1.84. The van der Waals surface area contributed by atoms with Gasteiger partial charge in [-0.15, -0.1) is 0 Å². The molecule has 2 aromatic rings. The zero-order chi connectivity index (χ0) is 14.5. The van der Waals surface area contributed by atoms with Gasteiger partial charge in [-0.1, -0.05) is 24.3 Å². The molecule has 1 unspecified atom stereocenters. The van der Waals surface area contributed by atoms with E-state index in [1.54, 1.807) is 25.4 Å². The molecule has 1 atom stereocenters. The average molecular weight is 307 g/mol. The van der Waals surface area contributed by atoms with Crippen molar-refractivity contribution < 1.29 is 9.00 Å². The van der Waals surface area contributed by atoms with Gasteiger partial charge in [0, 0.05) is 30.6 Å². The molecular weight excluding hydrogens is 290 g/mol. The average Bonchev–Trinajstić information content (AvgIpc) is 2.92. The van der Waals surface area contributed by atoms with Crippen LogP contribution in [0.3, 0.4) is 0 Å². The lowest BCUT2D eigenvalue weighted by atomic mass is 10.0. The number of thiophene rings is 1. The molecular formula is C15H17NO2S2. The van der Waals surface area contributed by atoms with Crippen LogP contribution in [-0.2, 0) is 21.3 Å². The first-order valence-corrected chi connectivity index (χ1v) is 8.66. The molecule has 20 heavy (non-hydrogen) atoms. The van der Waals surface area contributed by atoms with E-state index in [2.05, 4.69) is 11.4 Å². The molecule has 1 aromatic carbocycles. The van der Waals surface area contributed by atoms with Gasteiger partial charge in [-0.25, -0.2) is 0 Å². The van der Waals surface area contributed by atoms with Crippen molar-refractivity contribution in [2.75, 3.05) is 19.8 Å². The predicted molar refractivity (Wildman–Crippen MR) is 85.2 cm³/mol. The van der Waals surface area contributed by atoms with Gasteiger partial charge in [-0.3, -0.25) is 9.00 Å². The zero-order valence-corrected chi connectivity index (χ0v) is 13.2. The summed E-state index contributed by atoms with van der Waals surface area (Å²) >= 11 is 1.64. The number of carbonyl (C=O) groups is 1. The number of hydrogen-bond acceptors (Lipinski definition) is 3. The summed E-state index contributed by atoms with van der Waals surface area (Å²) in [5.41, 5.74) is 3.26. The maximum atomic E-state index is 12.1. The van der Waals surface area contributed by atoms with Crippen LogP contribution in [0.5, 0.6) is 0 Å². The topological polar surface area (TPSA) is 37.4 Å². The van der Waals surface area contributed by atoms with Crippen LogP contribution in [0.25, 0.3) is 11.1 Å². The van der Waals surface area contributed by atoms with Gasteiger partial charge in [0.1, 0.15) is 5.75 Å². The van der Waals surface area contributed by atoms with Crippen molar-refractivity contribution in [3.63, 3.8) is 0 Å². The summed E-state index contributed by atoms with van der Waals surface area (Å²) in [6.07, 6.45) is 0. The summed E-state index contributed by atoms with van der Waals surface area (Å²) in [6.45, 7) is 0. The minimum Gasteiger partial charge on any atom is -0.348 e. The van der Waals surface area contributed by atoms with Crippen LogP contribution in [0, 0.1) is 0 Å². The lowest BCUT2D eigenvalue weighted by Crippen LogP contribution is -2.27. The number of amides is 1. The van der Waals surface area contributed by atoms with E-state index in [-0.39, 0.29) is 11.7 Å². The van der Waals surface area contributed by atoms with Gasteiger partial charge in [0.15, 0.2) is 0 Å². The molecule has 0 spiro atoms. The molecule has 0 N–H and O–H groups in total. The molecule has 0 aliphatic rings. The number of hydrogen-bond donors (Lipinski definition) is 0. The number of benzene rings is 1. The zero-order valence-electron chi connectivity index (χ0n) is 11.5. The Kier molecular flexibility index (Phi) is 5.09. The Bertz CT molecular complexity index is 606. The van der Waals surface area contributed by atoms with Gasteiger partial charge >= 0.3 is 0 Å². The summed E-state index contributed by atoms with van der Waals surface area (Å²) < 4.78 is 12.1. The Hall–Kier alpha value is -1.46. The minimum absolute atomic E-state index is 0.0744. The fraction of sp³-hybridized carbons (Fsp3) is 0.267. The Labute approximate surface area is 125 Å². The normalized spacial score (nSPS) is 12.1. The van der Waals surface area contributed by atoms with Crippen LogP contribution in [0.15, 0.2) is 41.1 Å². The Balaban J connectivity index is 2.14. The van der Waals surface area contributed by atoms with Gasteiger partial charge < -0.3 is 4.90 Å². The third-order valence-electron chi connectivity index (χ3n) is 2.95. The smallest absolute Gasteiger partial charge is 0.234 e. The lowest BCUT2D eigenvalue weighted by molar-refractivity contribution is -0.125. The summed E-state index contributed by atoms with van der Waals surface area (Å²) in [5.74, 6) is 0.382. The first-order chi connectivity index (χ1) is 9.58. The van der Waals surface area contributed by atoms with Crippen molar-refractivity contribution >= 4 is 28.0 Å². The van der Waals surface area contributed by atoms with E-state index in [0.29, 0.717) is 5.75 Å². The van der Waals surface area contributed by atoms with Crippen molar-refractivity contribution in [3.8, 4) is 11.1 Å². The molecule has 5 heteroatoms. The highest BCUT2D eigenvalue weighted by molar-refractivity contribution is 7.84. The molecule has 3 nitrogen and oxygen atoms in total. The highest BCUT2D eigenvalue weighted by Gasteiger charge is 2.13. The first-order valence-electron chi connectivity index (χ1n) is 6.23. The Morgan fingerprint density at radius 2 is 2.00 bits per heavy atom. The minimum atomic E-state index is -1.18. The van der Waals surface area contributed by atoms with E-state index in [4.69, 9.17) is 0 Å². The monoisotopic (exact) mass is 307 g/mol. The van der Waals surface area contributed by atoms with Crippen LogP contribution in [-0.4, -0.2) is 34.9 Å². The fourth-order valence-corrected chi connectivity index (χ4v) is 3.73. The van der Waals surface area contributed by atoms with Gasteiger partial charge in [0.2, 0.25) is 5.91 Å². The second-order valence-electron chi connectivity index (χ2n) is 4.69. The van der Waals surface area contributed by atoms with Crippen molar-refractivity contribution in [1.82, 2.24) is 4.90 Å². The number of rotatable bonds is 5. The van der Waals surface area contributed by atoms with E-state index in [0.717, 1.165) is 16.7 Å². The third kappa shape index (κ3) is 3.77. The molecule has 0 aliphatic carbocycles. The maximum absolute atomic E-state index is 12.1. The second-order valence-corrected chi connectivity index (χ2v) is 6.92. The molecule has 1 aromatic heterocycles. The Morgan fingerprint density at radius 3 is 2.65 bits per heavy atom. The molecule has 0 saturated heterocycles. The molecule has 106 valence electrons. The summed E-state index contributed by atoms with van der Waals surface area (Å²) in [6, 6.07) is 9.98. The van der Waals surface area contributed by atoms with E-state index in [9.17, 15) is 9.00 Å². The first kappa shape index (κ1) is 14.9. The van der Waals surface area contributed by atoms with Gasteiger partial charge in [0.25, 0.3) is 0 Å². The molecule has 2 rings (SSSR count). The van der Waals surface area contributed by atoms with Crippen molar-refractivity contribution in [2.24, 2.45) is 0 Å². The van der Waals surface area contributed by atoms with E-state index < -0.39 is 10.8 Å². The predicted octanol–water partition coefficient (Wildman–Crippen LogP) is 2.75. The molecule has 0 aliphatic heterocycles. The van der Waals surface area contributed by atoms with Crippen LogP contribution in [0.1, 0.15) is 5.56 Å². The SMILES string of the molecule is CN(C)C(=O)CS(=O)Cc1ccccc1-c1ccsc1. The highest BCUT2D eigenvalue weighted by Crippen LogP contribution is 2.26. The summed E-state index contributed by atoms with van der Waals surface area (Å²) in [4.78, 5) is 13.1. The highest BCUT2D eigenvalue weighted by atomic mass is 32.2. The van der Waals surface area contributed by atoms with Gasteiger partial charge in [-0.05, 0) is 33.5 Å². The summed E-state index contributed by atoms with van der Waals surface area (Å²) in [5, 5.41) is 4.10. The number of carbonyl (C=O) groups excluding carboxylic acids is 1.